The fourth-order valence-corrected chi connectivity index (χ4v) is 4.02. The van der Waals surface area contributed by atoms with Gasteiger partial charge in [0, 0.05) is 11.4 Å². The van der Waals surface area contributed by atoms with Crippen LogP contribution < -0.4 is 10.1 Å². The summed E-state index contributed by atoms with van der Waals surface area (Å²) in [7, 11) is 0. The highest BCUT2D eigenvalue weighted by Crippen LogP contribution is 2.28. The summed E-state index contributed by atoms with van der Waals surface area (Å²) in [6.07, 6.45) is -0.460. The van der Waals surface area contributed by atoms with Gasteiger partial charge >= 0.3 is 0 Å². The molecular formula is C25H23FN4O2S. The molecule has 4 rings (SSSR count). The number of ether oxygens (including phenoxy) is 1. The van der Waals surface area contributed by atoms with E-state index in [1.54, 1.807) is 12.1 Å². The van der Waals surface area contributed by atoms with E-state index in [2.05, 4.69) is 15.5 Å². The van der Waals surface area contributed by atoms with Gasteiger partial charge in [-0.05, 0) is 61.9 Å². The summed E-state index contributed by atoms with van der Waals surface area (Å²) >= 11 is 1.29. The number of benzene rings is 3. The van der Waals surface area contributed by atoms with E-state index in [0.717, 1.165) is 16.9 Å². The van der Waals surface area contributed by atoms with Crippen LogP contribution >= 0.6 is 11.8 Å². The van der Waals surface area contributed by atoms with Crippen LogP contribution in [0.5, 0.6) is 5.75 Å². The first-order valence-corrected chi connectivity index (χ1v) is 11.4. The van der Waals surface area contributed by atoms with Gasteiger partial charge in [0.2, 0.25) is 5.91 Å². The van der Waals surface area contributed by atoms with Gasteiger partial charge in [-0.15, -0.1) is 10.2 Å². The number of hydrogen-bond acceptors (Lipinski definition) is 5. The quantitative estimate of drug-likeness (QED) is 0.346. The monoisotopic (exact) mass is 462 g/mol. The molecule has 0 aliphatic heterocycles. The Morgan fingerprint density at radius 3 is 2.45 bits per heavy atom. The fraction of sp³-hybridized carbons (Fsp3) is 0.160. The summed E-state index contributed by atoms with van der Waals surface area (Å²) < 4.78 is 21.1. The number of aromatic nitrogens is 3. The molecule has 1 heterocycles. The molecule has 4 aromatic rings. The van der Waals surface area contributed by atoms with E-state index in [1.807, 2.05) is 73.0 Å². The summed E-state index contributed by atoms with van der Waals surface area (Å²) in [6.45, 7) is 3.80. The van der Waals surface area contributed by atoms with Gasteiger partial charge in [0.25, 0.3) is 0 Å². The summed E-state index contributed by atoms with van der Waals surface area (Å²) in [5, 5.41) is 12.2. The van der Waals surface area contributed by atoms with Crippen LogP contribution in [-0.2, 0) is 4.79 Å². The Morgan fingerprint density at radius 1 is 1.03 bits per heavy atom. The average molecular weight is 463 g/mol. The van der Waals surface area contributed by atoms with Crippen molar-refractivity contribution >= 4 is 23.4 Å². The highest BCUT2D eigenvalue weighted by Gasteiger charge is 2.21. The van der Waals surface area contributed by atoms with Gasteiger partial charge in [-0.25, -0.2) is 4.39 Å². The molecule has 0 aliphatic carbocycles. The van der Waals surface area contributed by atoms with Gasteiger partial charge in [-0.3, -0.25) is 9.36 Å². The molecule has 33 heavy (non-hydrogen) atoms. The number of halogens is 1. The van der Waals surface area contributed by atoms with E-state index in [0.29, 0.717) is 16.7 Å². The largest absolute Gasteiger partial charge is 0.483 e. The smallest absolute Gasteiger partial charge is 0.234 e. The molecule has 0 saturated heterocycles. The minimum atomic E-state index is -0.460. The summed E-state index contributed by atoms with van der Waals surface area (Å²) in [6, 6.07) is 23.1. The second-order valence-corrected chi connectivity index (χ2v) is 8.32. The van der Waals surface area contributed by atoms with E-state index in [1.165, 1.54) is 23.9 Å². The van der Waals surface area contributed by atoms with Crippen molar-refractivity contribution in [3.8, 4) is 11.4 Å². The van der Waals surface area contributed by atoms with Crippen LogP contribution in [0.1, 0.15) is 24.4 Å². The Morgan fingerprint density at radius 2 is 1.73 bits per heavy atom. The number of nitrogens with zero attached hydrogens (tertiary/aromatic N) is 3. The molecule has 1 atom stereocenters. The van der Waals surface area contributed by atoms with E-state index in [-0.39, 0.29) is 17.5 Å². The lowest BCUT2D eigenvalue weighted by Gasteiger charge is -2.16. The van der Waals surface area contributed by atoms with Crippen LogP contribution in [0.4, 0.5) is 10.1 Å². The molecule has 168 valence electrons. The first kappa shape index (κ1) is 22.5. The van der Waals surface area contributed by atoms with Crippen LogP contribution in [0, 0.1) is 12.7 Å². The van der Waals surface area contributed by atoms with Crippen LogP contribution in [0.15, 0.2) is 84.0 Å². The third-order valence-corrected chi connectivity index (χ3v) is 5.84. The molecule has 0 spiro atoms. The zero-order valence-corrected chi connectivity index (χ0v) is 19.1. The van der Waals surface area contributed by atoms with Crippen molar-refractivity contribution in [1.82, 2.24) is 14.8 Å². The topological polar surface area (TPSA) is 69.0 Å². The molecule has 0 bridgehead atoms. The van der Waals surface area contributed by atoms with E-state index in [4.69, 9.17) is 4.74 Å². The lowest BCUT2D eigenvalue weighted by atomic mass is 10.2. The van der Waals surface area contributed by atoms with Crippen LogP contribution in [-0.4, -0.2) is 26.4 Å². The molecule has 1 amide bonds. The van der Waals surface area contributed by atoms with Gasteiger partial charge in [-0.1, -0.05) is 48.2 Å². The first-order chi connectivity index (χ1) is 16.0. The van der Waals surface area contributed by atoms with Gasteiger partial charge < -0.3 is 10.1 Å². The number of nitrogens with one attached hydrogen (secondary N) is 1. The van der Waals surface area contributed by atoms with Crippen LogP contribution in [0.25, 0.3) is 5.69 Å². The Labute approximate surface area is 195 Å². The highest BCUT2D eigenvalue weighted by molar-refractivity contribution is 7.99. The number of hydrogen-bond donors (Lipinski definition) is 1. The molecule has 1 N–H and O–H groups in total. The zero-order valence-electron chi connectivity index (χ0n) is 18.2. The van der Waals surface area contributed by atoms with Crippen molar-refractivity contribution in [1.29, 1.82) is 0 Å². The lowest BCUT2D eigenvalue weighted by Crippen LogP contribution is -2.16. The molecule has 1 unspecified atom stereocenters. The number of carbonyl (C=O) groups is 1. The number of aryl methyl sites for hydroxylation is 1. The number of carbonyl (C=O) groups excluding carboxylic acids is 1. The van der Waals surface area contributed by atoms with E-state index in [9.17, 15) is 9.18 Å². The van der Waals surface area contributed by atoms with Gasteiger partial charge in [0.05, 0.1) is 5.75 Å². The van der Waals surface area contributed by atoms with Crippen molar-refractivity contribution in [3.05, 3.63) is 96.1 Å². The SMILES string of the molecule is Cc1ccccc1NC(=O)CSc1nnc(C(C)Oc2ccc(F)cc2)n1-c1ccccc1. The van der Waals surface area contributed by atoms with Crippen LogP contribution in [0.3, 0.4) is 0 Å². The molecule has 0 radical (unpaired) electrons. The molecular weight excluding hydrogens is 439 g/mol. The summed E-state index contributed by atoms with van der Waals surface area (Å²) in [5.41, 5.74) is 2.64. The van der Waals surface area contributed by atoms with Crippen molar-refractivity contribution < 1.29 is 13.9 Å². The molecule has 6 nitrogen and oxygen atoms in total. The van der Waals surface area contributed by atoms with Gasteiger partial charge in [-0.2, -0.15) is 0 Å². The maximum absolute atomic E-state index is 13.2. The van der Waals surface area contributed by atoms with E-state index >= 15 is 0 Å². The number of amides is 1. The van der Waals surface area contributed by atoms with Crippen molar-refractivity contribution in [3.63, 3.8) is 0 Å². The van der Waals surface area contributed by atoms with Crippen molar-refractivity contribution in [2.45, 2.75) is 25.1 Å². The molecule has 0 aliphatic rings. The number of anilines is 1. The zero-order chi connectivity index (χ0) is 23.2. The minimum Gasteiger partial charge on any atom is -0.483 e. The Balaban J connectivity index is 1.54. The maximum atomic E-state index is 13.2. The molecule has 8 heteroatoms. The third-order valence-electron chi connectivity index (χ3n) is 4.91. The Bertz CT molecular complexity index is 1230. The number of rotatable bonds is 8. The standard InChI is InChI=1S/C25H23FN4O2S/c1-17-8-6-7-11-22(17)27-23(31)16-33-25-29-28-24(30(25)20-9-4-3-5-10-20)18(2)32-21-14-12-19(26)13-15-21/h3-15,18H,16H2,1-2H3,(H,27,31). The minimum absolute atomic E-state index is 0.130. The van der Waals surface area contributed by atoms with Crippen molar-refractivity contribution in [2.75, 3.05) is 11.1 Å². The Hall–Kier alpha value is -3.65. The predicted molar refractivity (Wildman–Crippen MR) is 127 cm³/mol. The molecule has 0 saturated carbocycles. The molecule has 3 aromatic carbocycles. The number of para-hydroxylation sites is 2. The lowest BCUT2D eigenvalue weighted by molar-refractivity contribution is -0.113. The Kier molecular flexibility index (Phi) is 7.04. The second kappa shape index (κ2) is 10.3. The summed E-state index contributed by atoms with van der Waals surface area (Å²) in [5.74, 6) is 0.816. The predicted octanol–water partition coefficient (Wildman–Crippen LogP) is 5.59. The molecule has 1 aromatic heterocycles. The van der Waals surface area contributed by atoms with Gasteiger partial charge in [0.15, 0.2) is 17.1 Å². The molecule has 0 fully saturated rings. The van der Waals surface area contributed by atoms with Gasteiger partial charge in [0.1, 0.15) is 11.6 Å². The fourth-order valence-electron chi connectivity index (χ4n) is 3.26. The number of thioether (sulfide) groups is 1. The second-order valence-electron chi connectivity index (χ2n) is 7.38. The highest BCUT2D eigenvalue weighted by atomic mass is 32.2. The average Bonchev–Trinajstić information content (AvgIpc) is 3.25. The maximum Gasteiger partial charge on any atom is 0.234 e. The first-order valence-electron chi connectivity index (χ1n) is 10.4. The third kappa shape index (κ3) is 5.59. The normalized spacial score (nSPS) is 11.7. The van der Waals surface area contributed by atoms with E-state index < -0.39 is 6.10 Å². The van der Waals surface area contributed by atoms with Crippen molar-refractivity contribution in [2.24, 2.45) is 0 Å². The van der Waals surface area contributed by atoms with Crippen LogP contribution in [0.2, 0.25) is 0 Å². The summed E-state index contributed by atoms with van der Waals surface area (Å²) in [4.78, 5) is 12.6.